The number of fused-ring (bicyclic) bond motifs is 1. The predicted octanol–water partition coefficient (Wildman–Crippen LogP) is 7.21. The molecular formula is C25H49NO. The summed E-state index contributed by atoms with van der Waals surface area (Å²) in [4.78, 5) is 2.95. The Hall–Kier alpha value is -0.0800. The standard InChI is InChI=1S/C25H49NO/c1-5-9-10-11-12-13-16-22-21-25(6-2,7-3)26(19-20-27-8-4)24-18-15-14-17-23(22)24/h22-24H,5-21H2,1-4H3. The molecule has 0 N–H and O–H groups in total. The van der Waals surface area contributed by atoms with E-state index in [0.717, 1.165) is 37.6 Å². The van der Waals surface area contributed by atoms with Gasteiger partial charge in [-0.2, -0.15) is 0 Å². The Morgan fingerprint density at radius 2 is 1.59 bits per heavy atom. The van der Waals surface area contributed by atoms with Crippen molar-refractivity contribution in [1.29, 1.82) is 0 Å². The first-order chi connectivity index (χ1) is 13.2. The highest BCUT2D eigenvalue weighted by molar-refractivity contribution is 5.03. The Bertz CT molecular complexity index is 379. The van der Waals surface area contributed by atoms with E-state index in [1.165, 1.54) is 89.9 Å². The second-order valence-electron chi connectivity index (χ2n) is 9.36. The van der Waals surface area contributed by atoms with Gasteiger partial charge in [0, 0.05) is 24.7 Å². The van der Waals surface area contributed by atoms with Crippen molar-refractivity contribution in [1.82, 2.24) is 4.90 Å². The summed E-state index contributed by atoms with van der Waals surface area (Å²) in [6.45, 7) is 12.3. The third-order valence-electron chi connectivity index (χ3n) is 7.96. The van der Waals surface area contributed by atoms with Crippen molar-refractivity contribution in [2.75, 3.05) is 19.8 Å². The Morgan fingerprint density at radius 3 is 2.30 bits per heavy atom. The maximum atomic E-state index is 5.80. The van der Waals surface area contributed by atoms with Crippen molar-refractivity contribution >= 4 is 0 Å². The number of hydrogen-bond donors (Lipinski definition) is 0. The molecule has 2 fully saturated rings. The lowest BCUT2D eigenvalue weighted by atomic mass is 9.63. The molecule has 1 aliphatic heterocycles. The van der Waals surface area contributed by atoms with Crippen molar-refractivity contribution in [3.63, 3.8) is 0 Å². The van der Waals surface area contributed by atoms with E-state index in [4.69, 9.17) is 4.74 Å². The third-order valence-corrected chi connectivity index (χ3v) is 7.96. The smallest absolute Gasteiger partial charge is 0.0593 e. The molecule has 1 saturated carbocycles. The van der Waals surface area contributed by atoms with Gasteiger partial charge < -0.3 is 4.74 Å². The minimum Gasteiger partial charge on any atom is -0.380 e. The maximum absolute atomic E-state index is 5.80. The molecule has 2 heteroatoms. The van der Waals surface area contributed by atoms with E-state index in [0.29, 0.717) is 5.54 Å². The van der Waals surface area contributed by atoms with E-state index in [9.17, 15) is 0 Å². The predicted molar refractivity (Wildman–Crippen MR) is 118 cm³/mol. The van der Waals surface area contributed by atoms with Crippen LogP contribution in [0.5, 0.6) is 0 Å². The number of unbranched alkanes of at least 4 members (excludes halogenated alkanes) is 5. The number of piperidine rings is 1. The highest BCUT2D eigenvalue weighted by Crippen LogP contribution is 2.49. The Kier molecular flexibility index (Phi) is 10.7. The van der Waals surface area contributed by atoms with Gasteiger partial charge in [0.1, 0.15) is 0 Å². The first-order valence-electron chi connectivity index (χ1n) is 12.6. The molecule has 1 aliphatic carbocycles. The molecule has 0 aromatic rings. The zero-order valence-electron chi connectivity index (χ0n) is 19.1. The van der Waals surface area contributed by atoms with Gasteiger partial charge in [-0.05, 0) is 50.9 Å². The number of nitrogens with zero attached hydrogens (tertiary/aromatic N) is 1. The zero-order chi connectivity index (χ0) is 19.5. The highest BCUT2D eigenvalue weighted by Gasteiger charge is 2.49. The molecule has 27 heavy (non-hydrogen) atoms. The average Bonchev–Trinajstić information content (AvgIpc) is 2.71. The number of ether oxygens (including phenoxy) is 1. The van der Waals surface area contributed by atoms with Gasteiger partial charge in [0.15, 0.2) is 0 Å². The van der Waals surface area contributed by atoms with Crippen LogP contribution in [0.4, 0.5) is 0 Å². The van der Waals surface area contributed by atoms with E-state index in [2.05, 4.69) is 32.6 Å². The molecule has 0 aromatic heterocycles. The molecule has 3 unspecified atom stereocenters. The number of hydrogen-bond acceptors (Lipinski definition) is 2. The molecule has 2 rings (SSSR count). The Balaban J connectivity index is 2.01. The summed E-state index contributed by atoms with van der Waals surface area (Å²) in [6, 6.07) is 0.831. The van der Waals surface area contributed by atoms with E-state index in [1.807, 2.05) is 0 Å². The quantitative estimate of drug-likeness (QED) is 0.313. The minimum absolute atomic E-state index is 0.433. The molecular weight excluding hydrogens is 330 g/mol. The van der Waals surface area contributed by atoms with Crippen molar-refractivity contribution in [3.8, 4) is 0 Å². The lowest BCUT2D eigenvalue weighted by molar-refractivity contribution is -0.0947. The molecule has 0 radical (unpaired) electrons. The van der Waals surface area contributed by atoms with Crippen LogP contribution in [0, 0.1) is 11.8 Å². The van der Waals surface area contributed by atoms with Gasteiger partial charge in [0.25, 0.3) is 0 Å². The zero-order valence-corrected chi connectivity index (χ0v) is 19.1. The lowest BCUT2D eigenvalue weighted by Gasteiger charge is -2.59. The highest BCUT2D eigenvalue weighted by atomic mass is 16.5. The van der Waals surface area contributed by atoms with Gasteiger partial charge in [-0.15, -0.1) is 0 Å². The van der Waals surface area contributed by atoms with Crippen LogP contribution in [0.1, 0.15) is 118 Å². The first kappa shape index (κ1) is 23.2. The molecule has 0 spiro atoms. The van der Waals surface area contributed by atoms with Crippen LogP contribution in [0.2, 0.25) is 0 Å². The SMILES string of the molecule is CCCCCCCCC1CC(CC)(CC)N(CCOCC)C2CCCCC12. The molecule has 2 nitrogen and oxygen atoms in total. The summed E-state index contributed by atoms with van der Waals surface area (Å²) in [5, 5.41) is 0. The van der Waals surface area contributed by atoms with Crippen LogP contribution >= 0.6 is 0 Å². The molecule has 1 saturated heterocycles. The maximum Gasteiger partial charge on any atom is 0.0593 e. The second-order valence-corrected chi connectivity index (χ2v) is 9.36. The van der Waals surface area contributed by atoms with Gasteiger partial charge in [-0.3, -0.25) is 4.90 Å². The fraction of sp³-hybridized carbons (Fsp3) is 1.00. The number of rotatable bonds is 13. The summed E-state index contributed by atoms with van der Waals surface area (Å²) in [6.07, 6.45) is 20.0. The molecule has 2 aliphatic rings. The minimum atomic E-state index is 0.433. The molecule has 0 bridgehead atoms. The van der Waals surface area contributed by atoms with Gasteiger partial charge in [-0.1, -0.05) is 78.6 Å². The van der Waals surface area contributed by atoms with Crippen LogP contribution in [0.15, 0.2) is 0 Å². The Morgan fingerprint density at radius 1 is 0.889 bits per heavy atom. The van der Waals surface area contributed by atoms with E-state index in [-0.39, 0.29) is 0 Å². The third kappa shape index (κ3) is 6.20. The van der Waals surface area contributed by atoms with Crippen LogP contribution in [0.25, 0.3) is 0 Å². The number of likely N-dealkylation sites (tertiary alicyclic amines) is 1. The van der Waals surface area contributed by atoms with E-state index >= 15 is 0 Å². The summed E-state index contributed by atoms with van der Waals surface area (Å²) >= 11 is 0. The second kappa shape index (κ2) is 12.5. The van der Waals surface area contributed by atoms with E-state index < -0.39 is 0 Å². The van der Waals surface area contributed by atoms with Gasteiger partial charge in [0.05, 0.1) is 6.61 Å². The van der Waals surface area contributed by atoms with E-state index in [1.54, 1.807) is 0 Å². The van der Waals surface area contributed by atoms with Gasteiger partial charge >= 0.3 is 0 Å². The fourth-order valence-corrected chi connectivity index (χ4v) is 6.34. The van der Waals surface area contributed by atoms with Crippen molar-refractivity contribution < 1.29 is 4.74 Å². The van der Waals surface area contributed by atoms with Crippen LogP contribution < -0.4 is 0 Å². The molecule has 0 amide bonds. The van der Waals surface area contributed by atoms with Crippen LogP contribution in [0.3, 0.4) is 0 Å². The summed E-state index contributed by atoms with van der Waals surface area (Å²) in [5.74, 6) is 1.94. The van der Waals surface area contributed by atoms with Crippen LogP contribution in [-0.2, 0) is 4.74 Å². The molecule has 0 aromatic carbocycles. The van der Waals surface area contributed by atoms with Crippen molar-refractivity contribution in [2.24, 2.45) is 11.8 Å². The summed E-state index contributed by atoms with van der Waals surface area (Å²) < 4.78 is 5.80. The lowest BCUT2D eigenvalue weighted by Crippen LogP contribution is -2.63. The van der Waals surface area contributed by atoms with Crippen LogP contribution in [-0.4, -0.2) is 36.2 Å². The largest absolute Gasteiger partial charge is 0.380 e. The fourth-order valence-electron chi connectivity index (χ4n) is 6.34. The molecule has 1 heterocycles. The summed E-state index contributed by atoms with van der Waals surface area (Å²) in [7, 11) is 0. The molecule has 160 valence electrons. The van der Waals surface area contributed by atoms with Gasteiger partial charge in [0.2, 0.25) is 0 Å². The monoisotopic (exact) mass is 379 g/mol. The van der Waals surface area contributed by atoms with Gasteiger partial charge in [-0.25, -0.2) is 0 Å². The van der Waals surface area contributed by atoms with Crippen molar-refractivity contribution in [3.05, 3.63) is 0 Å². The molecule has 3 atom stereocenters. The topological polar surface area (TPSA) is 12.5 Å². The normalized spacial score (nSPS) is 28.2. The average molecular weight is 380 g/mol. The first-order valence-corrected chi connectivity index (χ1v) is 12.6. The Labute approximate surface area is 170 Å². The van der Waals surface area contributed by atoms with Crippen molar-refractivity contribution in [2.45, 2.75) is 129 Å². The summed E-state index contributed by atoms with van der Waals surface area (Å²) in [5.41, 5.74) is 0.433.